The number of hydrogen-bond acceptors (Lipinski definition) is 3. The van der Waals surface area contributed by atoms with E-state index in [1.165, 1.54) is 64.7 Å². The lowest BCUT2D eigenvalue weighted by atomic mass is 9.93. The van der Waals surface area contributed by atoms with Crippen LogP contribution in [0.1, 0.15) is 44.9 Å². The fourth-order valence-corrected chi connectivity index (χ4v) is 4.19. The molecule has 0 bridgehead atoms. The Hall–Kier alpha value is -0.590. The van der Waals surface area contributed by atoms with E-state index in [1.54, 1.807) is 0 Å². The van der Waals surface area contributed by atoms with Gasteiger partial charge in [0.25, 0.3) is 0 Å². The third-order valence-corrected chi connectivity index (χ3v) is 5.23. The average molecular weight is 247 g/mol. The summed E-state index contributed by atoms with van der Waals surface area (Å²) >= 11 is 0. The van der Waals surface area contributed by atoms with Crippen LogP contribution in [0, 0.1) is 17.2 Å². The van der Waals surface area contributed by atoms with Crippen LogP contribution in [0.5, 0.6) is 0 Å². The Balaban J connectivity index is 1.67. The first-order valence-electron chi connectivity index (χ1n) is 7.76. The quantitative estimate of drug-likeness (QED) is 0.666. The fourth-order valence-electron chi connectivity index (χ4n) is 4.19. The molecule has 3 unspecified atom stereocenters. The van der Waals surface area contributed by atoms with Crippen molar-refractivity contribution in [1.82, 2.24) is 9.80 Å². The zero-order valence-corrected chi connectivity index (χ0v) is 11.4. The standard InChI is InChI=1S/C15H25N3/c16-11-13-5-2-1-3-7-15(13)18-10-9-17-8-4-6-14(17)12-18/h13-15H,1-10,12H2. The van der Waals surface area contributed by atoms with Crippen LogP contribution in [-0.2, 0) is 0 Å². The Morgan fingerprint density at radius 3 is 2.56 bits per heavy atom. The molecular formula is C15H25N3. The Labute approximate surface area is 111 Å². The van der Waals surface area contributed by atoms with Crippen molar-refractivity contribution >= 4 is 0 Å². The van der Waals surface area contributed by atoms with Gasteiger partial charge in [-0.25, -0.2) is 0 Å². The van der Waals surface area contributed by atoms with Crippen molar-refractivity contribution in [3.8, 4) is 6.07 Å². The molecule has 100 valence electrons. The van der Waals surface area contributed by atoms with E-state index in [2.05, 4.69) is 15.9 Å². The summed E-state index contributed by atoms with van der Waals surface area (Å²) < 4.78 is 0. The highest BCUT2D eigenvalue weighted by atomic mass is 15.3. The second-order valence-electron chi connectivity index (χ2n) is 6.27. The highest BCUT2D eigenvalue weighted by molar-refractivity contribution is 4.98. The maximum absolute atomic E-state index is 9.42. The molecule has 3 fully saturated rings. The molecule has 3 atom stereocenters. The van der Waals surface area contributed by atoms with Crippen LogP contribution >= 0.6 is 0 Å². The van der Waals surface area contributed by atoms with Crippen molar-refractivity contribution in [2.45, 2.75) is 57.0 Å². The molecule has 0 N–H and O–H groups in total. The number of hydrogen-bond donors (Lipinski definition) is 0. The minimum Gasteiger partial charge on any atom is -0.298 e. The molecule has 1 saturated carbocycles. The van der Waals surface area contributed by atoms with Crippen LogP contribution < -0.4 is 0 Å². The molecular weight excluding hydrogens is 222 g/mol. The number of rotatable bonds is 1. The smallest absolute Gasteiger partial charge is 0.0672 e. The summed E-state index contributed by atoms with van der Waals surface area (Å²) in [5, 5.41) is 9.42. The Kier molecular flexibility index (Phi) is 3.86. The predicted molar refractivity (Wildman–Crippen MR) is 72.1 cm³/mol. The van der Waals surface area contributed by atoms with Gasteiger partial charge in [-0.15, -0.1) is 0 Å². The summed E-state index contributed by atoms with van der Waals surface area (Å²) in [6.45, 7) is 4.96. The van der Waals surface area contributed by atoms with E-state index in [0.717, 1.165) is 12.5 Å². The number of fused-ring (bicyclic) bond motifs is 1. The van der Waals surface area contributed by atoms with E-state index in [0.29, 0.717) is 12.0 Å². The maximum atomic E-state index is 9.42. The van der Waals surface area contributed by atoms with Gasteiger partial charge >= 0.3 is 0 Å². The van der Waals surface area contributed by atoms with Crippen molar-refractivity contribution < 1.29 is 0 Å². The molecule has 18 heavy (non-hydrogen) atoms. The maximum Gasteiger partial charge on any atom is 0.0672 e. The van der Waals surface area contributed by atoms with E-state index in [-0.39, 0.29) is 0 Å². The molecule has 0 radical (unpaired) electrons. The van der Waals surface area contributed by atoms with E-state index in [4.69, 9.17) is 0 Å². The molecule has 2 heterocycles. The predicted octanol–water partition coefficient (Wildman–Crippen LogP) is 2.24. The van der Waals surface area contributed by atoms with Crippen LogP contribution in [-0.4, -0.2) is 48.1 Å². The van der Waals surface area contributed by atoms with Crippen LogP contribution in [0.4, 0.5) is 0 Å². The van der Waals surface area contributed by atoms with Gasteiger partial charge in [0.2, 0.25) is 0 Å². The highest BCUT2D eigenvalue weighted by Crippen LogP contribution is 2.30. The molecule has 3 rings (SSSR count). The number of piperazine rings is 1. The first kappa shape index (κ1) is 12.4. The SMILES string of the molecule is N#CC1CCCCCC1N1CCN2CCCC2C1. The van der Waals surface area contributed by atoms with E-state index in [1.807, 2.05) is 0 Å². The summed E-state index contributed by atoms with van der Waals surface area (Å²) in [6, 6.07) is 3.94. The zero-order chi connectivity index (χ0) is 12.4. The summed E-state index contributed by atoms with van der Waals surface area (Å²) in [6.07, 6.45) is 9.06. The van der Waals surface area contributed by atoms with Gasteiger partial charge in [0.1, 0.15) is 0 Å². The van der Waals surface area contributed by atoms with Gasteiger partial charge in [-0.05, 0) is 32.2 Å². The Morgan fingerprint density at radius 2 is 1.67 bits per heavy atom. The number of nitriles is 1. The monoisotopic (exact) mass is 247 g/mol. The number of nitrogens with zero attached hydrogens (tertiary/aromatic N) is 3. The first-order chi connectivity index (χ1) is 8.88. The van der Waals surface area contributed by atoms with Gasteiger partial charge in [-0.1, -0.05) is 19.3 Å². The van der Waals surface area contributed by atoms with Crippen LogP contribution in [0.2, 0.25) is 0 Å². The fraction of sp³-hybridized carbons (Fsp3) is 0.933. The van der Waals surface area contributed by atoms with Crippen LogP contribution in [0.25, 0.3) is 0 Å². The molecule has 2 saturated heterocycles. The average Bonchev–Trinajstić information content (AvgIpc) is 2.74. The van der Waals surface area contributed by atoms with Gasteiger partial charge in [-0.3, -0.25) is 9.80 Å². The lowest BCUT2D eigenvalue weighted by molar-refractivity contribution is 0.0547. The Morgan fingerprint density at radius 1 is 0.833 bits per heavy atom. The summed E-state index contributed by atoms with van der Waals surface area (Å²) in [5.41, 5.74) is 0. The van der Waals surface area contributed by atoms with E-state index >= 15 is 0 Å². The largest absolute Gasteiger partial charge is 0.298 e. The van der Waals surface area contributed by atoms with Crippen LogP contribution in [0.15, 0.2) is 0 Å². The van der Waals surface area contributed by atoms with Crippen molar-refractivity contribution in [3.63, 3.8) is 0 Å². The van der Waals surface area contributed by atoms with Gasteiger partial charge in [0.05, 0.1) is 12.0 Å². The lowest BCUT2D eigenvalue weighted by Gasteiger charge is -2.42. The molecule has 2 aliphatic heterocycles. The molecule has 0 amide bonds. The minimum atomic E-state index is 0.292. The summed E-state index contributed by atoms with van der Waals surface area (Å²) in [4.78, 5) is 5.32. The molecule has 3 nitrogen and oxygen atoms in total. The van der Waals surface area contributed by atoms with Crippen molar-refractivity contribution in [2.75, 3.05) is 26.2 Å². The molecule has 0 spiro atoms. The van der Waals surface area contributed by atoms with Gasteiger partial charge in [0.15, 0.2) is 0 Å². The third-order valence-electron chi connectivity index (χ3n) is 5.23. The van der Waals surface area contributed by atoms with Gasteiger partial charge < -0.3 is 0 Å². The van der Waals surface area contributed by atoms with Crippen molar-refractivity contribution in [1.29, 1.82) is 5.26 Å². The van der Waals surface area contributed by atoms with Gasteiger partial charge in [0, 0.05) is 31.7 Å². The first-order valence-corrected chi connectivity index (χ1v) is 7.76. The second kappa shape index (κ2) is 5.59. The molecule has 0 aromatic rings. The van der Waals surface area contributed by atoms with E-state index in [9.17, 15) is 5.26 Å². The molecule has 0 aromatic carbocycles. The third kappa shape index (κ3) is 2.41. The second-order valence-corrected chi connectivity index (χ2v) is 6.27. The summed E-state index contributed by atoms with van der Waals surface area (Å²) in [5.74, 6) is 0.292. The van der Waals surface area contributed by atoms with Crippen molar-refractivity contribution in [2.24, 2.45) is 5.92 Å². The normalized spacial score (nSPS) is 38.9. The summed E-state index contributed by atoms with van der Waals surface area (Å²) in [7, 11) is 0. The zero-order valence-electron chi connectivity index (χ0n) is 11.4. The minimum absolute atomic E-state index is 0.292. The molecule has 3 heteroatoms. The molecule has 1 aliphatic carbocycles. The van der Waals surface area contributed by atoms with E-state index < -0.39 is 0 Å². The topological polar surface area (TPSA) is 30.3 Å². The highest BCUT2D eigenvalue weighted by Gasteiger charge is 2.36. The molecule has 0 aromatic heterocycles. The lowest BCUT2D eigenvalue weighted by Crippen LogP contribution is -2.54. The van der Waals surface area contributed by atoms with Gasteiger partial charge in [-0.2, -0.15) is 5.26 Å². The Bertz CT molecular complexity index is 322. The van der Waals surface area contributed by atoms with Crippen LogP contribution in [0.3, 0.4) is 0 Å². The molecule has 3 aliphatic rings. The van der Waals surface area contributed by atoms with Crippen molar-refractivity contribution in [3.05, 3.63) is 0 Å².